The van der Waals surface area contributed by atoms with Gasteiger partial charge < -0.3 is 9.52 Å². The molecule has 6 aromatic rings. The molecule has 0 spiro atoms. The van der Waals surface area contributed by atoms with E-state index in [0.717, 1.165) is 44.6 Å². The molecule has 0 saturated heterocycles. The van der Waals surface area contributed by atoms with E-state index in [1.54, 1.807) is 6.07 Å². The summed E-state index contributed by atoms with van der Waals surface area (Å²) in [4.78, 5) is 9.85. The summed E-state index contributed by atoms with van der Waals surface area (Å²) in [6.07, 6.45) is 1.89. The number of rotatable bonds is 4. The molecule has 0 unspecified atom stereocenters. The van der Waals surface area contributed by atoms with Crippen LogP contribution >= 0.6 is 0 Å². The molecule has 5 heteroatoms. The molecule has 47 heavy (non-hydrogen) atoms. The fourth-order valence-corrected chi connectivity index (χ4v) is 5.63. The van der Waals surface area contributed by atoms with Crippen molar-refractivity contribution in [3.63, 3.8) is 0 Å². The summed E-state index contributed by atoms with van der Waals surface area (Å²) < 4.78 is 6.49. The van der Waals surface area contributed by atoms with Crippen LogP contribution in [0.1, 0.15) is 79.0 Å². The number of nitrogens with zero attached hydrogens (tertiary/aromatic N) is 2. The van der Waals surface area contributed by atoms with Gasteiger partial charge in [-0.1, -0.05) is 122 Å². The van der Waals surface area contributed by atoms with E-state index in [1.165, 1.54) is 11.1 Å². The third-order valence-electron chi connectivity index (χ3n) is 8.62. The van der Waals surface area contributed by atoms with Crippen LogP contribution in [0.5, 0.6) is 5.75 Å². The van der Waals surface area contributed by atoms with Gasteiger partial charge in [0, 0.05) is 33.0 Å². The fourth-order valence-electron chi connectivity index (χ4n) is 5.63. The second kappa shape index (κ2) is 12.5. The van der Waals surface area contributed by atoms with Crippen molar-refractivity contribution in [2.24, 2.45) is 0 Å². The molecule has 2 heterocycles. The average Bonchev–Trinajstić information content (AvgIpc) is 3.44. The zero-order chi connectivity index (χ0) is 33.0. The van der Waals surface area contributed by atoms with Crippen LogP contribution in [0, 0.1) is 6.07 Å². The van der Waals surface area contributed by atoms with Crippen molar-refractivity contribution in [2.75, 3.05) is 0 Å². The molecule has 244 valence electrons. The summed E-state index contributed by atoms with van der Waals surface area (Å²) in [5, 5.41) is 11.0. The van der Waals surface area contributed by atoms with Crippen LogP contribution < -0.4 is 0 Å². The van der Waals surface area contributed by atoms with Gasteiger partial charge in [-0.05, 0) is 62.8 Å². The first-order chi connectivity index (χ1) is 21.6. The molecule has 0 bridgehead atoms. The van der Waals surface area contributed by atoms with Gasteiger partial charge in [0.25, 0.3) is 0 Å². The van der Waals surface area contributed by atoms with Crippen LogP contribution in [0.3, 0.4) is 0 Å². The molecule has 0 aliphatic rings. The molecular weight excluding hydrogens is 760 g/mol. The number of pyridine rings is 1. The second-order valence-electron chi connectivity index (χ2n) is 15.4. The van der Waals surface area contributed by atoms with Gasteiger partial charge in [-0.15, -0.1) is 29.3 Å². The molecule has 0 aliphatic heterocycles. The second-order valence-corrected chi connectivity index (χ2v) is 15.4. The first-order valence-electron chi connectivity index (χ1n) is 16.0. The van der Waals surface area contributed by atoms with E-state index < -0.39 is 0 Å². The van der Waals surface area contributed by atoms with Crippen molar-refractivity contribution in [3.05, 3.63) is 114 Å². The standard InChI is InChI=1S/C42H43N2O2.Pt/c1-40(2,3)30-17-18-43-35(24-30)29-19-28(20-31(21-29)41(4,5)6)33-23-32(42(7,8)9)25-37-38(33)44-39(46-37)34-22-27(15-16-36(34)45)26-13-11-10-12-14-26;/h10-18,20-25,45H,1-9H3;/q-1;. The van der Waals surface area contributed by atoms with E-state index in [0.29, 0.717) is 17.0 Å². The van der Waals surface area contributed by atoms with E-state index in [-0.39, 0.29) is 43.1 Å². The molecule has 4 aromatic carbocycles. The van der Waals surface area contributed by atoms with E-state index in [1.807, 2.05) is 36.5 Å². The first-order valence-corrected chi connectivity index (χ1v) is 16.0. The summed E-state index contributed by atoms with van der Waals surface area (Å²) in [7, 11) is 0. The Kier molecular flexibility index (Phi) is 9.16. The number of fused-ring (bicyclic) bond motifs is 1. The van der Waals surface area contributed by atoms with Gasteiger partial charge in [0.15, 0.2) is 0 Å². The summed E-state index contributed by atoms with van der Waals surface area (Å²) in [6.45, 7) is 19.9. The smallest absolute Gasteiger partial charge is 0.230 e. The number of aromatic hydroxyl groups is 1. The molecule has 0 atom stereocenters. The maximum atomic E-state index is 11.0. The molecule has 1 N–H and O–H groups in total. The van der Waals surface area contributed by atoms with Gasteiger partial charge >= 0.3 is 0 Å². The molecule has 0 fully saturated rings. The number of benzene rings is 4. The Morgan fingerprint density at radius 3 is 1.91 bits per heavy atom. The van der Waals surface area contributed by atoms with E-state index in [9.17, 15) is 5.11 Å². The number of oxazole rings is 1. The quantitative estimate of drug-likeness (QED) is 0.180. The largest absolute Gasteiger partial charge is 0.507 e. The summed E-state index contributed by atoms with van der Waals surface area (Å²) in [6, 6.07) is 32.4. The number of phenols is 1. The topological polar surface area (TPSA) is 59.2 Å². The summed E-state index contributed by atoms with van der Waals surface area (Å²) in [5.74, 6) is 0.501. The Morgan fingerprint density at radius 2 is 1.26 bits per heavy atom. The molecular formula is C42H43N2O2Pt-. The third kappa shape index (κ3) is 7.14. The van der Waals surface area contributed by atoms with Crippen LogP contribution in [0.15, 0.2) is 95.5 Å². The van der Waals surface area contributed by atoms with Gasteiger partial charge in [0.1, 0.15) is 11.3 Å². The minimum Gasteiger partial charge on any atom is -0.507 e. The van der Waals surface area contributed by atoms with Crippen molar-refractivity contribution in [1.82, 2.24) is 9.97 Å². The van der Waals surface area contributed by atoms with Crippen molar-refractivity contribution in [3.8, 4) is 50.7 Å². The Balaban J connectivity index is 0.00000433. The van der Waals surface area contributed by atoms with Gasteiger partial charge in [-0.25, -0.2) is 4.98 Å². The van der Waals surface area contributed by atoms with Crippen molar-refractivity contribution in [1.29, 1.82) is 0 Å². The summed E-state index contributed by atoms with van der Waals surface area (Å²) >= 11 is 0. The monoisotopic (exact) mass is 802 g/mol. The Bertz CT molecular complexity index is 2060. The van der Waals surface area contributed by atoms with E-state index in [2.05, 4.69) is 117 Å². The van der Waals surface area contributed by atoms with Crippen LogP contribution in [-0.4, -0.2) is 15.1 Å². The molecule has 2 aromatic heterocycles. The number of aromatic nitrogens is 2. The van der Waals surface area contributed by atoms with E-state index in [4.69, 9.17) is 14.4 Å². The molecule has 0 radical (unpaired) electrons. The normalized spacial score (nSPS) is 12.3. The van der Waals surface area contributed by atoms with Crippen molar-refractivity contribution in [2.45, 2.75) is 78.6 Å². The Morgan fingerprint density at radius 1 is 0.617 bits per heavy atom. The number of hydrogen-bond acceptors (Lipinski definition) is 4. The van der Waals surface area contributed by atoms with Crippen LogP contribution in [0.4, 0.5) is 0 Å². The Labute approximate surface area is 293 Å². The minimum atomic E-state index is -0.141. The predicted molar refractivity (Wildman–Crippen MR) is 190 cm³/mol. The zero-order valence-electron chi connectivity index (χ0n) is 28.7. The van der Waals surface area contributed by atoms with E-state index >= 15 is 0 Å². The minimum absolute atomic E-state index is 0. The van der Waals surface area contributed by atoms with Crippen LogP contribution in [0.2, 0.25) is 0 Å². The first kappa shape index (κ1) is 34.3. The van der Waals surface area contributed by atoms with Crippen LogP contribution in [-0.2, 0) is 37.3 Å². The van der Waals surface area contributed by atoms with Crippen molar-refractivity contribution < 1.29 is 30.6 Å². The maximum Gasteiger partial charge on any atom is 0.230 e. The van der Waals surface area contributed by atoms with Gasteiger partial charge in [-0.3, -0.25) is 4.98 Å². The zero-order valence-corrected chi connectivity index (χ0v) is 31.0. The SMILES string of the molecule is CC(C)(C)c1cc(-c2cc(C(C)(C)C)ccn2)[c-]c(-c2cc(C(C)(C)C)cc3oc(-c4cc(-c5ccccc5)ccc4O)nc23)c1.[Pt]. The Hall–Kier alpha value is -4.01. The summed E-state index contributed by atoms with van der Waals surface area (Å²) in [5.41, 5.74) is 11.0. The van der Waals surface area contributed by atoms with Gasteiger partial charge in [0.05, 0.1) is 11.1 Å². The average molecular weight is 803 g/mol. The van der Waals surface area contributed by atoms with Crippen molar-refractivity contribution >= 4 is 11.1 Å². The van der Waals surface area contributed by atoms with Gasteiger partial charge in [0.2, 0.25) is 5.89 Å². The van der Waals surface area contributed by atoms with Gasteiger partial charge in [-0.2, -0.15) is 0 Å². The molecule has 0 saturated carbocycles. The fraction of sp³-hybridized carbons (Fsp3) is 0.286. The molecule has 0 aliphatic carbocycles. The predicted octanol–water partition coefficient (Wildman–Crippen LogP) is 11.3. The molecule has 6 rings (SSSR count). The molecule has 0 amide bonds. The molecule has 4 nitrogen and oxygen atoms in total. The number of phenolic OH excluding ortho intramolecular Hbond substituents is 1. The van der Waals surface area contributed by atoms with Crippen LogP contribution in [0.25, 0.3) is 56.1 Å². The number of hydrogen-bond donors (Lipinski definition) is 1. The third-order valence-corrected chi connectivity index (χ3v) is 8.62. The maximum absolute atomic E-state index is 11.0.